The first-order valence-corrected chi connectivity index (χ1v) is 7.70. The van der Waals surface area contributed by atoms with E-state index >= 15 is 0 Å². The van der Waals surface area contributed by atoms with Crippen molar-refractivity contribution in [1.29, 1.82) is 0 Å². The normalized spacial score (nSPS) is 19.8. The lowest BCUT2D eigenvalue weighted by Crippen LogP contribution is -2.40. The zero-order valence-corrected chi connectivity index (χ0v) is 12.4. The Bertz CT molecular complexity index is 622. The van der Waals surface area contributed by atoms with Gasteiger partial charge in [-0.05, 0) is 44.0 Å². The van der Waals surface area contributed by atoms with Gasteiger partial charge >= 0.3 is 0 Å². The minimum absolute atomic E-state index is 0.00405. The van der Waals surface area contributed by atoms with E-state index in [2.05, 4.69) is 27.3 Å². The standard InChI is InChI=1S/C16H22N4O/c1-2-20-8-4-5-12(11-20)9-17-16(21)13-6-3-7-15-14(13)10-18-19-15/h3,6-7,10,12H,2,4-5,8-9,11H2,1H3,(H,17,21)(H,18,19). The van der Waals surface area contributed by atoms with Crippen molar-refractivity contribution in [2.24, 2.45) is 5.92 Å². The highest BCUT2D eigenvalue weighted by atomic mass is 16.1. The van der Waals surface area contributed by atoms with E-state index in [1.165, 1.54) is 19.4 Å². The minimum atomic E-state index is -0.00405. The maximum atomic E-state index is 12.4. The first-order valence-electron chi connectivity index (χ1n) is 7.70. The molecule has 1 fully saturated rings. The van der Waals surface area contributed by atoms with E-state index in [1.54, 1.807) is 6.20 Å². The molecule has 1 saturated heterocycles. The second-order valence-electron chi connectivity index (χ2n) is 5.75. The molecule has 112 valence electrons. The van der Waals surface area contributed by atoms with Crippen LogP contribution in [0.3, 0.4) is 0 Å². The summed E-state index contributed by atoms with van der Waals surface area (Å²) in [6.07, 6.45) is 4.14. The molecule has 5 heteroatoms. The van der Waals surface area contributed by atoms with Crippen molar-refractivity contribution in [3.63, 3.8) is 0 Å². The van der Waals surface area contributed by atoms with Crippen molar-refractivity contribution in [3.8, 4) is 0 Å². The highest BCUT2D eigenvalue weighted by Gasteiger charge is 2.20. The molecule has 2 N–H and O–H groups in total. The predicted octanol–water partition coefficient (Wildman–Crippen LogP) is 2.02. The fraction of sp³-hybridized carbons (Fsp3) is 0.500. The third-order valence-corrected chi connectivity index (χ3v) is 4.33. The van der Waals surface area contributed by atoms with E-state index in [1.807, 2.05) is 18.2 Å². The number of nitrogens with one attached hydrogen (secondary N) is 2. The van der Waals surface area contributed by atoms with Gasteiger partial charge in [0.05, 0.1) is 17.3 Å². The molecule has 0 radical (unpaired) electrons. The van der Waals surface area contributed by atoms with Crippen molar-refractivity contribution in [1.82, 2.24) is 20.4 Å². The minimum Gasteiger partial charge on any atom is -0.352 e. The Hall–Kier alpha value is -1.88. The Morgan fingerprint density at radius 1 is 1.52 bits per heavy atom. The quantitative estimate of drug-likeness (QED) is 0.904. The molecule has 0 bridgehead atoms. The molecular formula is C16H22N4O. The number of aromatic nitrogens is 2. The van der Waals surface area contributed by atoms with Crippen LogP contribution in [0.2, 0.25) is 0 Å². The van der Waals surface area contributed by atoms with Crippen LogP contribution >= 0.6 is 0 Å². The third-order valence-electron chi connectivity index (χ3n) is 4.33. The molecule has 1 aromatic heterocycles. The summed E-state index contributed by atoms with van der Waals surface area (Å²) in [7, 11) is 0. The number of fused-ring (bicyclic) bond motifs is 1. The summed E-state index contributed by atoms with van der Waals surface area (Å²) < 4.78 is 0. The zero-order valence-electron chi connectivity index (χ0n) is 12.4. The Labute approximate surface area is 124 Å². The molecule has 2 aromatic rings. The smallest absolute Gasteiger partial charge is 0.252 e. The molecule has 2 heterocycles. The molecule has 1 unspecified atom stereocenters. The maximum absolute atomic E-state index is 12.4. The lowest BCUT2D eigenvalue weighted by Gasteiger charge is -2.31. The van der Waals surface area contributed by atoms with Crippen molar-refractivity contribution in [2.75, 3.05) is 26.2 Å². The molecule has 1 amide bonds. The number of nitrogens with zero attached hydrogens (tertiary/aromatic N) is 2. The van der Waals surface area contributed by atoms with Crippen molar-refractivity contribution in [2.45, 2.75) is 19.8 Å². The SMILES string of the molecule is CCN1CCCC(CNC(=O)c2cccc3[nH]ncc23)C1. The molecule has 1 aliphatic rings. The van der Waals surface area contributed by atoms with Crippen LogP contribution in [0.25, 0.3) is 10.9 Å². The van der Waals surface area contributed by atoms with Gasteiger partial charge in [-0.25, -0.2) is 0 Å². The molecule has 0 saturated carbocycles. The molecule has 0 aliphatic carbocycles. The summed E-state index contributed by atoms with van der Waals surface area (Å²) >= 11 is 0. The van der Waals surface area contributed by atoms with Crippen LogP contribution in [-0.4, -0.2) is 47.2 Å². The number of carbonyl (C=O) groups is 1. The van der Waals surface area contributed by atoms with Crippen molar-refractivity contribution >= 4 is 16.8 Å². The first-order chi connectivity index (χ1) is 10.3. The fourth-order valence-electron chi connectivity index (χ4n) is 3.10. The predicted molar refractivity (Wildman–Crippen MR) is 83.3 cm³/mol. The Balaban J connectivity index is 1.63. The first kappa shape index (κ1) is 14.1. The highest BCUT2D eigenvalue weighted by Crippen LogP contribution is 2.17. The lowest BCUT2D eigenvalue weighted by atomic mass is 9.98. The number of likely N-dealkylation sites (tertiary alicyclic amines) is 1. The average molecular weight is 286 g/mol. The number of amides is 1. The molecule has 3 rings (SSSR count). The number of benzene rings is 1. The second-order valence-corrected chi connectivity index (χ2v) is 5.75. The van der Waals surface area contributed by atoms with E-state index in [-0.39, 0.29) is 5.91 Å². The Kier molecular flexibility index (Phi) is 4.20. The molecule has 1 aliphatic heterocycles. The monoisotopic (exact) mass is 286 g/mol. The molecule has 21 heavy (non-hydrogen) atoms. The Morgan fingerprint density at radius 3 is 3.29 bits per heavy atom. The molecule has 1 atom stereocenters. The summed E-state index contributed by atoms with van der Waals surface area (Å²) in [6.45, 7) is 6.32. The van der Waals surface area contributed by atoms with E-state index in [9.17, 15) is 4.79 Å². The number of rotatable bonds is 4. The van der Waals surface area contributed by atoms with Gasteiger partial charge in [0.25, 0.3) is 5.91 Å². The van der Waals surface area contributed by atoms with Crippen molar-refractivity contribution in [3.05, 3.63) is 30.0 Å². The Morgan fingerprint density at radius 2 is 2.43 bits per heavy atom. The van der Waals surface area contributed by atoms with Gasteiger partial charge in [0.2, 0.25) is 0 Å². The summed E-state index contributed by atoms with van der Waals surface area (Å²) in [5.41, 5.74) is 1.60. The molecular weight excluding hydrogens is 264 g/mol. The number of carbonyl (C=O) groups excluding carboxylic acids is 1. The summed E-state index contributed by atoms with van der Waals surface area (Å²) in [4.78, 5) is 14.8. The maximum Gasteiger partial charge on any atom is 0.252 e. The van der Waals surface area contributed by atoms with Crippen molar-refractivity contribution < 1.29 is 4.79 Å². The number of hydrogen-bond acceptors (Lipinski definition) is 3. The van der Waals surface area contributed by atoms with Gasteiger partial charge in [-0.3, -0.25) is 9.89 Å². The van der Waals surface area contributed by atoms with E-state index in [4.69, 9.17) is 0 Å². The summed E-state index contributed by atoms with van der Waals surface area (Å²) in [5.74, 6) is 0.557. The average Bonchev–Trinajstić information content (AvgIpc) is 3.01. The molecule has 0 spiro atoms. The van der Waals surface area contributed by atoms with Gasteiger partial charge in [0.15, 0.2) is 0 Å². The van der Waals surface area contributed by atoms with Crippen LogP contribution in [0.5, 0.6) is 0 Å². The lowest BCUT2D eigenvalue weighted by molar-refractivity contribution is 0.0935. The van der Waals surface area contributed by atoms with Crippen LogP contribution < -0.4 is 5.32 Å². The van der Waals surface area contributed by atoms with Crippen LogP contribution in [-0.2, 0) is 0 Å². The van der Waals surface area contributed by atoms with Gasteiger partial charge in [0, 0.05) is 18.5 Å². The van der Waals surface area contributed by atoms with Gasteiger partial charge < -0.3 is 10.2 Å². The number of H-pyrrole nitrogens is 1. The number of hydrogen-bond donors (Lipinski definition) is 2. The van der Waals surface area contributed by atoms with Crippen LogP contribution in [0, 0.1) is 5.92 Å². The van der Waals surface area contributed by atoms with Crippen LogP contribution in [0.1, 0.15) is 30.1 Å². The number of aromatic amines is 1. The number of piperidine rings is 1. The van der Waals surface area contributed by atoms with Gasteiger partial charge in [0.1, 0.15) is 0 Å². The topological polar surface area (TPSA) is 61.0 Å². The summed E-state index contributed by atoms with van der Waals surface area (Å²) in [5, 5.41) is 10.9. The largest absolute Gasteiger partial charge is 0.352 e. The third kappa shape index (κ3) is 3.08. The van der Waals surface area contributed by atoms with E-state index in [0.29, 0.717) is 11.5 Å². The van der Waals surface area contributed by atoms with Gasteiger partial charge in [-0.15, -0.1) is 0 Å². The van der Waals surface area contributed by atoms with Gasteiger partial charge in [-0.1, -0.05) is 13.0 Å². The zero-order chi connectivity index (χ0) is 14.7. The van der Waals surface area contributed by atoms with Crippen LogP contribution in [0.4, 0.5) is 0 Å². The van der Waals surface area contributed by atoms with Crippen LogP contribution in [0.15, 0.2) is 24.4 Å². The summed E-state index contributed by atoms with van der Waals surface area (Å²) in [6, 6.07) is 5.67. The van der Waals surface area contributed by atoms with E-state index < -0.39 is 0 Å². The molecule has 1 aromatic carbocycles. The van der Waals surface area contributed by atoms with Gasteiger partial charge in [-0.2, -0.15) is 5.10 Å². The molecule has 5 nitrogen and oxygen atoms in total. The van der Waals surface area contributed by atoms with E-state index in [0.717, 1.165) is 30.5 Å². The fourth-order valence-corrected chi connectivity index (χ4v) is 3.10. The highest BCUT2D eigenvalue weighted by molar-refractivity contribution is 6.05. The second kappa shape index (κ2) is 6.26.